The van der Waals surface area contributed by atoms with Crippen molar-refractivity contribution < 1.29 is 5.11 Å². The van der Waals surface area contributed by atoms with E-state index in [1.54, 1.807) is 18.6 Å². The van der Waals surface area contributed by atoms with Gasteiger partial charge >= 0.3 is 0 Å². The van der Waals surface area contributed by atoms with E-state index in [2.05, 4.69) is 38.7 Å². The van der Waals surface area contributed by atoms with Gasteiger partial charge in [-0.1, -0.05) is 5.92 Å². The standard InChI is InChI=1S/C24H26N6O/c1-29-13-7-24(17-29)8-14-30(15-9-24)23-19-6-12-26-20(3-2-16-31)21(19)27-22(28-23)18-4-10-25-11-5-18/h4-6,10-12,31H,7-9,13-17H2,1H3. The van der Waals surface area contributed by atoms with E-state index in [9.17, 15) is 0 Å². The number of aliphatic hydroxyl groups excluding tert-OH is 1. The predicted octanol–water partition coefficient (Wildman–Crippen LogP) is 2.35. The molecule has 0 aliphatic carbocycles. The average molecular weight is 415 g/mol. The number of likely N-dealkylation sites (tertiary alicyclic amines) is 1. The van der Waals surface area contributed by atoms with Gasteiger partial charge in [-0.2, -0.15) is 0 Å². The largest absolute Gasteiger partial charge is 0.384 e. The Morgan fingerprint density at radius 3 is 2.52 bits per heavy atom. The number of anilines is 1. The number of aliphatic hydroxyl groups is 1. The van der Waals surface area contributed by atoms with Crippen LogP contribution in [0.2, 0.25) is 0 Å². The van der Waals surface area contributed by atoms with Crippen LogP contribution >= 0.6 is 0 Å². The molecule has 0 aromatic carbocycles. The first kappa shape index (κ1) is 19.9. The van der Waals surface area contributed by atoms with E-state index in [1.807, 2.05) is 18.2 Å². The van der Waals surface area contributed by atoms with Crippen LogP contribution in [0.4, 0.5) is 5.82 Å². The van der Waals surface area contributed by atoms with Gasteiger partial charge in [0.05, 0.1) is 0 Å². The van der Waals surface area contributed by atoms with E-state index in [4.69, 9.17) is 15.1 Å². The Morgan fingerprint density at radius 1 is 1.03 bits per heavy atom. The van der Waals surface area contributed by atoms with E-state index in [0.29, 0.717) is 16.9 Å². The van der Waals surface area contributed by atoms with Gasteiger partial charge in [-0.3, -0.25) is 4.98 Å². The molecular weight excluding hydrogens is 388 g/mol. The van der Waals surface area contributed by atoms with Crippen LogP contribution in [0, 0.1) is 17.3 Å². The van der Waals surface area contributed by atoms with E-state index >= 15 is 0 Å². The van der Waals surface area contributed by atoms with E-state index < -0.39 is 0 Å². The molecule has 2 aliphatic rings. The lowest BCUT2D eigenvalue weighted by molar-refractivity contribution is 0.222. The summed E-state index contributed by atoms with van der Waals surface area (Å²) in [6.07, 6.45) is 8.89. The zero-order chi connectivity index (χ0) is 21.3. The summed E-state index contributed by atoms with van der Waals surface area (Å²) in [5, 5.41) is 10.1. The van der Waals surface area contributed by atoms with Crippen LogP contribution in [0.15, 0.2) is 36.8 Å². The fourth-order valence-electron chi connectivity index (χ4n) is 4.88. The maximum absolute atomic E-state index is 9.16. The molecule has 31 heavy (non-hydrogen) atoms. The predicted molar refractivity (Wildman–Crippen MR) is 121 cm³/mol. The second-order valence-corrected chi connectivity index (χ2v) is 8.60. The fourth-order valence-corrected chi connectivity index (χ4v) is 4.88. The van der Waals surface area contributed by atoms with Gasteiger partial charge in [-0.15, -0.1) is 0 Å². The van der Waals surface area contributed by atoms with Gasteiger partial charge in [0.1, 0.15) is 23.6 Å². The molecule has 0 radical (unpaired) electrons. The van der Waals surface area contributed by atoms with Crippen molar-refractivity contribution in [2.75, 3.05) is 44.7 Å². The Bertz CT molecular complexity index is 1150. The Morgan fingerprint density at radius 2 is 1.81 bits per heavy atom. The molecule has 2 fully saturated rings. The van der Waals surface area contributed by atoms with Crippen molar-refractivity contribution in [3.8, 4) is 23.2 Å². The number of piperidine rings is 1. The van der Waals surface area contributed by atoms with E-state index in [1.165, 1.54) is 32.4 Å². The molecule has 0 amide bonds. The van der Waals surface area contributed by atoms with Gasteiger partial charge in [0, 0.05) is 49.2 Å². The molecule has 3 aromatic heterocycles. The number of fused-ring (bicyclic) bond motifs is 1. The number of rotatable bonds is 2. The quantitative estimate of drug-likeness (QED) is 0.645. The summed E-state index contributed by atoms with van der Waals surface area (Å²) in [7, 11) is 2.22. The van der Waals surface area contributed by atoms with Crippen LogP contribution in [0.25, 0.3) is 22.3 Å². The highest BCUT2D eigenvalue weighted by Gasteiger charge is 2.39. The number of nitrogens with zero attached hydrogens (tertiary/aromatic N) is 6. The molecule has 0 bridgehead atoms. The second kappa shape index (κ2) is 8.22. The van der Waals surface area contributed by atoms with Crippen LogP contribution < -0.4 is 4.90 Å². The Labute approximate surface area is 182 Å². The van der Waals surface area contributed by atoms with Crippen molar-refractivity contribution >= 4 is 16.7 Å². The monoisotopic (exact) mass is 414 g/mol. The maximum Gasteiger partial charge on any atom is 0.162 e. The third-order valence-electron chi connectivity index (χ3n) is 6.57. The molecule has 2 aliphatic heterocycles. The van der Waals surface area contributed by atoms with Crippen molar-refractivity contribution in [1.82, 2.24) is 24.8 Å². The van der Waals surface area contributed by atoms with Gasteiger partial charge in [0.2, 0.25) is 0 Å². The zero-order valence-electron chi connectivity index (χ0n) is 17.8. The van der Waals surface area contributed by atoms with Crippen molar-refractivity contribution in [2.24, 2.45) is 5.41 Å². The normalized spacial score (nSPS) is 18.3. The number of aromatic nitrogens is 4. The van der Waals surface area contributed by atoms with Crippen molar-refractivity contribution in [3.63, 3.8) is 0 Å². The first-order chi connectivity index (χ1) is 15.2. The van der Waals surface area contributed by atoms with Crippen LogP contribution in [0.3, 0.4) is 0 Å². The van der Waals surface area contributed by atoms with Crippen LogP contribution in [0.1, 0.15) is 25.0 Å². The third kappa shape index (κ3) is 3.85. The maximum atomic E-state index is 9.16. The first-order valence-corrected chi connectivity index (χ1v) is 10.8. The van der Waals surface area contributed by atoms with Gasteiger partial charge in [0.15, 0.2) is 5.82 Å². The summed E-state index contributed by atoms with van der Waals surface area (Å²) in [6, 6.07) is 5.80. The Balaban J connectivity index is 1.58. The summed E-state index contributed by atoms with van der Waals surface area (Å²) < 4.78 is 0. The molecule has 5 heterocycles. The number of hydrogen-bond acceptors (Lipinski definition) is 7. The van der Waals surface area contributed by atoms with Crippen molar-refractivity contribution in [1.29, 1.82) is 0 Å². The molecule has 158 valence electrons. The van der Waals surface area contributed by atoms with Crippen molar-refractivity contribution in [2.45, 2.75) is 19.3 Å². The highest BCUT2D eigenvalue weighted by molar-refractivity contribution is 5.93. The average Bonchev–Trinajstić information content (AvgIpc) is 3.18. The fraction of sp³-hybridized carbons (Fsp3) is 0.417. The van der Waals surface area contributed by atoms with Gasteiger partial charge in [-0.25, -0.2) is 15.0 Å². The SMILES string of the molecule is CN1CCC2(CCN(c3nc(-c4ccncc4)nc4c(C#CCO)nccc34)CC2)C1. The Hall–Kier alpha value is -3.08. The molecule has 1 N–H and O–H groups in total. The molecule has 7 nitrogen and oxygen atoms in total. The third-order valence-corrected chi connectivity index (χ3v) is 6.57. The smallest absolute Gasteiger partial charge is 0.162 e. The van der Waals surface area contributed by atoms with Crippen molar-refractivity contribution in [3.05, 3.63) is 42.5 Å². The zero-order valence-corrected chi connectivity index (χ0v) is 17.8. The van der Waals surface area contributed by atoms with Crippen LogP contribution in [-0.4, -0.2) is 69.8 Å². The van der Waals surface area contributed by atoms with Gasteiger partial charge < -0.3 is 14.9 Å². The van der Waals surface area contributed by atoms with Crippen LogP contribution in [0.5, 0.6) is 0 Å². The van der Waals surface area contributed by atoms with Gasteiger partial charge in [0.25, 0.3) is 0 Å². The molecule has 7 heteroatoms. The minimum absolute atomic E-state index is 0.212. The second-order valence-electron chi connectivity index (χ2n) is 8.60. The highest BCUT2D eigenvalue weighted by Crippen LogP contribution is 2.41. The number of pyridine rings is 2. The Kier molecular flexibility index (Phi) is 5.26. The number of hydrogen-bond donors (Lipinski definition) is 1. The lowest BCUT2D eigenvalue weighted by atomic mass is 9.78. The summed E-state index contributed by atoms with van der Waals surface area (Å²) in [4.78, 5) is 23.2. The molecule has 1 spiro atoms. The molecule has 0 atom stereocenters. The van der Waals surface area contributed by atoms with Crippen LogP contribution in [-0.2, 0) is 0 Å². The highest BCUT2D eigenvalue weighted by atomic mass is 16.2. The lowest BCUT2D eigenvalue weighted by Crippen LogP contribution is -2.41. The summed E-state index contributed by atoms with van der Waals surface area (Å²) in [6.45, 7) is 4.14. The van der Waals surface area contributed by atoms with E-state index in [0.717, 1.165) is 35.4 Å². The minimum atomic E-state index is -0.212. The molecule has 0 unspecified atom stereocenters. The molecule has 3 aromatic rings. The van der Waals surface area contributed by atoms with Gasteiger partial charge in [-0.05, 0) is 62.4 Å². The summed E-state index contributed by atoms with van der Waals surface area (Å²) in [5.74, 6) is 7.24. The summed E-state index contributed by atoms with van der Waals surface area (Å²) >= 11 is 0. The first-order valence-electron chi connectivity index (χ1n) is 10.8. The summed E-state index contributed by atoms with van der Waals surface area (Å²) in [5.41, 5.74) is 2.65. The minimum Gasteiger partial charge on any atom is -0.384 e. The molecule has 5 rings (SSSR count). The lowest BCUT2D eigenvalue weighted by Gasteiger charge is -2.40. The molecular formula is C24H26N6O. The van der Waals surface area contributed by atoms with E-state index in [-0.39, 0.29) is 6.61 Å². The molecule has 0 saturated carbocycles. The molecule has 2 saturated heterocycles. The topological polar surface area (TPSA) is 78.3 Å².